The summed E-state index contributed by atoms with van der Waals surface area (Å²) in [6.07, 6.45) is 6.27. The van der Waals surface area contributed by atoms with Crippen LogP contribution in [0.25, 0.3) is 0 Å². The van der Waals surface area contributed by atoms with E-state index in [2.05, 4.69) is 16.3 Å². The number of nitrogens with one attached hydrogen (secondary N) is 2. The third-order valence-corrected chi connectivity index (χ3v) is 4.79. The van der Waals surface area contributed by atoms with E-state index in [1.165, 1.54) is 18.3 Å². The normalized spacial score (nSPS) is 21.4. The third kappa shape index (κ3) is 4.14. The highest BCUT2D eigenvalue weighted by Gasteiger charge is 2.26. The summed E-state index contributed by atoms with van der Waals surface area (Å²) in [5.74, 6) is -0.138. The molecule has 6 heteroatoms. The second-order valence-corrected chi connectivity index (χ2v) is 6.39. The van der Waals surface area contributed by atoms with Gasteiger partial charge < -0.3 is 15.6 Å². The fraction of sp³-hybridized carbons (Fsp3) is 0.368. The molecule has 1 heterocycles. The maximum atomic E-state index is 13.0. The summed E-state index contributed by atoms with van der Waals surface area (Å²) >= 11 is 0. The van der Waals surface area contributed by atoms with E-state index < -0.39 is 0 Å². The molecule has 3 rings (SSSR count). The number of rotatable bonds is 4. The minimum Gasteiger partial charge on any atom is -0.355 e. The Morgan fingerprint density at radius 1 is 1.24 bits per heavy atom. The van der Waals surface area contributed by atoms with Gasteiger partial charge in [-0.3, -0.25) is 9.69 Å². The van der Waals surface area contributed by atoms with Crippen LogP contribution in [-0.4, -0.2) is 54.1 Å². The predicted octanol–water partition coefficient (Wildman–Crippen LogP) is 2.63. The summed E-state index contributed by atoms with van der Waals surface area (Å²) in [6, 6.07) is 6.44. The number of allylic oxidation sites excluding steroid dienone is 1. The molecule has 1 amide bonds. The maximum absolute atomic E-state index is 13.0. The van der Waals surface area contributed by atoms with Crippen LogP contribution >= 0.6 is 0 Å². The number of amides is 1. The minimum atomic E-state index is -0.268. The quantitative estimate of drug-likeness (QED) is 0.827. The van der Waals surface area contributed by atoms with Gasteiger partial charge in [0.05, 0.1) is 0 Å². The van der Waals surface area contributed by atoms with E-state index in [-0.39, 0.29) is 17.8 Å². The van der Waals surface area contributed by atoms with Crippen molar-refractivity contribution in [3.63, 3.8) is 0 Å². The lowest BCUT2D eigenvalue weighted by Crippen LogP contribution is -2.51. The summed E-state index contributed by atoms with van der Waals surface area (Å²) in [4.78, 5) is 15.7. The molecule has 2 aliphatic rings. The van der Waals surface area contributed by atoms with Crippen LogP contribution in [-0.2, 0) is 4.79 Å². The second kappa shape index (κ2) is 7.61. The Labute approximate surface area is 147 Å². The summed E-state index contributed by atoms with van der Waals surface area (Å²) in [5, 5.41) is 11.0. The number of halogens is 1. The van der Waals surface area contributed by atoms with Crippen molar-refractivity contribution >= 4 is 17.8 Å². The van der Waals surface area contributed by atoms with Crippen LogP contribution in [0.4, 0.5) is 10.1 Å². The second-order valence-electron chi connectivity index (χ2n) is 6.39. The van der Waals surface area contributed by atoms with E-state index in [4.69, 9.17) is 5.41 Å². The molecule has 0 spiro atoms. The lowest BCUT2D eigenvalue weighted by molar-refractivity contribution is -0.130. The third-order valence-electron chi connectivity index (χ3n) is 4.79. The van der Waals surface area contributed by atoms with E-state index in [0.29, 0.717) is 0 Å². The smallest absolute Gasteiger partial charge is 0.219 e. The van der Waals surface area contributed by atoms with Gasteiger partial charge in [0.2, 0.25) is 5.91 Å². The molecule has 1 unspecified atom stereocenters. The topological polar surface area (TPSA) is 59.4 Å². The molecular weight excluding hydrogens is 319 g/mol. The Hall–Kier alpha value is -2.47. The van der Waals surface area contributed by atoms with Crippen molar-refractivity contribution in [3.8, 4) is 0 Å². The van der Waals surface area contributed by atoms with Crippen LogP contribution in [0.1, 0.15) is 13.3 Å². The van der Waals surface area contributed by atoms with Crippen LogP contribution in [0.3, 0.4) is 0 Å². The van der Waals surface area contributed by atoms with Gasteiger partial charge in [-0.15, -0.1) is 0 Å². The molecule has 1 aromatic rings. The molecule has 1 aliphatic carbocycles. The first-order valence-electron chi connectivity index (χ1n) is 8.51. The largest absolute Gasteiger partial charge is 0.355 e. The van der Waals surface area contributed by atoms with E-state index in [1.54, 1.807) is 19.1 Å². The molecule has 2 N–H and O–H groups in total. The van der Waals surface area contributed by atoms with Crippen molar-refractivity contribution in [2.45, 2.75) is 19.4 Å². The van der Waals surface area contributed by atoms with E-state index >= 15 is 0 Å². The maximum Gasteiger partial charge on any atom is 0.219 e. The highest BCUT2D eigenvalue weighted by atomic mass is 19.1. The van der Waals surface area contributed by atoms with Gasteiger partial charge in [-0.05, 0) is 42.3 Å². The highest BCUT2D eigenvalue weighted by Crippen LogP contribution is 2.24. The van der Waals surface area contributed by atoms with Gasteiger partial charge in [0.15, 0.2) is 0 Å². The van der Waals surface area contributed by atoms with Crippen molar-refractivity contribution in [2.75, 3.05) is 31.5 Å². The van der Waals surface area contributed by atoms with Crippen LogP contribution in [0, 0.1) is 11.2 Å². The van der Waals surface area contributed by atoms with Gasteiger partial charge in [-0.2, -0.15) is 0 Å². The summed E-state index contributed by atoms with van der Waals surface area (Å²) in [5.41, 5.74) is 2.60. The number of hydrogen-bond acceptors (Lipinski definition) is 4. The fourth-order valence-electron chi connectivity index (χ4n) is 3.28. The zero-order valence-corrected chi connectivity index (χ0v) is 14.3. The Kier molecular flexibility index (Phi) is 5.28. The van der Waals surface area contributed by atoms with E-state index in [9.17, 15) is 9.18 Å². The zero-order chi connectivity index (χ0) is 17.8. The average molecular weight is 342 g/mol. The summed E-state index contributed by atoms with van der Waals surface area (Å²) < 4.78 is 13.0. The number of carbonyl (C=O) groups excluding carboxylic acids is 1. The SMILES string of the molecule is CC(=O)N1CCN(C2C=CC(Nc3ccc(F)cc3)=C(C=N)C2)CC1. The van der Waals surface area contributed by atoms with Crippen LogP contribution in [0.5, 0.6) is 0 Å². The number of anilines is 1. The van der Waals surface area contributed by atoms with Gasteiger partial charge in [0.1, 0.15) is 5.82 Å². The molecule has 1 saturated heterocycles. The number of hydrogen-bond donors (Lipinski definition) is 2. The molecule has 1 aromatic carbocycles. The number of piperazine rings is 1. The molecule has 1 aliphatic heterocycles. The Morgan fingerprint density at radius 2 is 1.92 bits per heavy atom. The van der Waals surface area contributed by atoms with Crippen LogP contribution in [0.15, 0.2) is 47.7 Å². The summed E-state index contributed by atoms with van der Waals surface area (Å²) in [7, 11) is 0. The van der Waals surface area contributed by atoms with Crippen molar-refractivity contribution in [1.29, 1.82) is 5.41 Å². The molecular formula is C19H23FN4O. The molecule has 0 aromatic heterocycles. The minimum absolute atomic E-state index is 0.129. The lowest BCUT2D eigenvalue weighted by atomic mass is 9.96. The van der Waals surface area contributed by atoms with Crippen molar-refractivity contribution < 1.29 is 9.18 Å². The van der Waals surface area contributed by atoms with Gasteiger partial charge >= 0.3 is 0 Å². The first-order chi connectivity index (χ1) is 12.1. The fourth-order valence-corrected chi connectivity index (χ4v) is 3.28. The first-order valence-corrected chi connectivity index (χ1v) is 8.51. The Balaban J connectivity index is 1.64. The Morgan fingerprint density at radius 3 is 2.52 bits per heavy atom. The van der Waals surface area contributed by atoms with Crippen LogP contribution < -0.4 is 5.32 Å². The predicted molar refractivity (Wildman–Crippen MR) is 97.2 cm³/mol. The van der Waals surface area contributed by atoms with E-state index in [0.717, 1.165) is 49.6 Å². The number of nitrogens with zero attached hydrogens (tertiary/aromatic N) is 2. The van der Waals surface area contributed by atoms with Crippen molar-refractivity contribution in [1.82, 2.24) is 9.80 Å². The first kappa shape index (κ1) is 17.4. The van der Waals surface area contributed by atoms with Gasteiger partial charge in [-0.1, -0.05) is 6.08 Å². The molecule has 0 saturated carbocycles. The number of carbonyl (C=O) groups is 1. The molecule has 0 radical (unpaired) electrons. The standard InChI is InChI=1S/C19H23FN4O/c1-14(25)23-8-10-24(11-9-23)18-6-7-19(15(12-18)13-21)22-17-4-2-16(20)3-5-17/h2-7,13,18,21-22H,8-12H2,1H3. The zero-order valence-electron chi connectivity index (χ0n) is 14.3. The number of benzene rings is 1. The van der Waals surface area contributed by atoms with Crippen LogP contribution in [0.2, 0.25) is 0 Å². The lowest BCUT2D eigenvalue weighted by Gasteiger charge is -2.39. The van der Waals surface area contributed by atoms with Gasteiger partial charge in [0.25, 0.3) is 0 Å². The molecule has 132 valence electrons. The summed E-state index contributed by atoms with van der Waals surface area (Å²) in [6.45, 7) is 4.81. The molecule has 1 atom stereocenters. The average Bonchev–Trinajstić information content (AvgIpc) is 2.64. The van der Waals surface area contributed by atoms with Gasteiger partial charge in [-0.25, -0.2) is 4.39 Å². The van der Waals surface area contributed by atoms with E-state index in [1.807, 2.05) is 11.0 Å². The van der Waals surface area contributed by atoms with Gasteiger partial charge in [0, 0.05) is 56.7 Å². The molecule has 1 fully saturated rings. The van der Waals surface area contributed by atoms with Crippen molar-refractivity contribution in [3.05, 3.63) is 53.5 Å². The molecule has 0 bridgehead atoms. The Bertz CT molecular complexity index is 703. The van der Waals surface area contributed by atoms with Crippen molar-refractivity contribution in [2.24, 2.45) is 0 Å². The molecule has 25 heavy (non-hydrogen) atoms. The highest BCUT2D eigenvalue weighted by molar-refractivity contribution is 5.80. The molecule has 5 nitrogen and oxygen atoms in total. The monoisotopic (exact) mass is 342 g/mol.